The van der Waals surface area contributed by atoms with Gasteiger partial charge in [0, 0.05) is 12.6 Å². The molecule has 21 heavy (non-hydrogen) atoms. The second-order valence-corrected chi connectivity index (χ2v) is 4.91. The van der Waals surface area contributed by atoms with Crippen LogP contribution < -0.4 is 9.47 Å². The van der Waals surface area contributed by atoms with Crippen LogP contribution in [0.5, 0.6) is 11.5 Å². The zero-order valence-electron chi connectivity index (χ0n) is 12.0. The first-order valence-electron chi connectivity index (χ1n) is 6.68. The molecular formula is C16H16N2O3. The number of carbonyl (C=O) groups excluding carboxylic acids is 1. The van der Waals surface area contributed by atoms with E-state index in [-0.39, 0.29) is 12.5 Å². The SMILES string of the molecule is COc1ccc(-c2ccc3c(n2)CN(C)C(=O)CO3)cc1. The molecule has 0 spiro atoms. The molecule has 0 N–H and O–H groups in total. The fraction of sp³-hybridized carbons (Fsp3) is 0.250. The molecule has 0 fully saturated rings. The highest BCUT2D eigenvalue weighted by atomic mass is 16.5. The predicted molar refractivity (Wildman–Crippen MR) is 78.2 cm³/mol. The van der Waals surface area contributed by atoms with Gasteiger partial charge in [-0.2, -0.15) is 0 Å². The molecule has 0 aliphatic carbocycles. The summed E-state index contributed by atoms with van der Waals surface area (Å²) in [7, 11) is 3.39. The number of nitrogens with zero attached hydrogens (tertiary/aromatic N) is 2. The molecule has 5 nitrogen and oxygen atoms in total. The van der Waals surface area contributed by atoms with Gasteiger partial charge in [-0.1, -0.05) is 0 Å². The van der Waals surface area contributed by atoms with Crippen molar-refractivity contribution in [2.45, 2.75) is 6.54 Å². The average molecular weight is 284 g/mol. The van der Waals surface area contributed by atoms with Crippen molar-refractivity contribution in [1.82, 2.24) is 9.88 Å². The molecule has 1 aliphatic rings. The monoisotopic (exact) mass is 284 g/mol. The second-order valence-electron chi connectivity index (χ2n) is 4.91. The summed E-state index contributed by atoms with van der Waals surface area (Å²) < 4.78 is 10.6. The molecule has 1 aliphatic heterocycles. The van der Waals surface area contributed by atoms with Crippen molar-refractivity contribution in [1.29, 1.82) is 0 Å². The third-order valence-corrected chi connectivity index (χ3v) is 3.48. The molecule has 0 atom stereocenters. The minimum absolute atomic E-state index is 0.0426. The van der Waals surface area contributed by atoms with Crippen molar-refractivity contribution in [3.05, 3.63) is 42.1 Å². The van der Waals surface area contributed by atoms with Crippen LogP contribution in [0.4, 0.5) is 0 Å². The smallest absolute Gasteiger partial charge is 0.260 e. The summed E-state index contributed by atoms with van der Waals surface area (Å²) in [6, 6.07) is 11.5. The number of hydrogen-bond acceptors (Lipinski definition) is 4. The minimum atomic E-state index is -0.0426. The Morgan fingerprint density at radius 1 is 1.19 bits per heavy atom. The highest BCUT2D eigenvalue weighted by Gasteiger charge is 2.19. The van der Waals surface area contributed by atoms with Gasteiger partial charge in [0.15, 0.2) is 6.61 Å². The number of likely N-dealkylation sites (N-methyl/N-ethyl adjacent to an activating group) is 1. The average Bonchev–Trinajstić information content (AvgIpc) is 2.66. The highest BCUT2D eigenvalue weighted by molar-refractivity contribution is 5.78. The van der Waals surface area contributed by atoms with Crippen LogP contribution >= 0.6 is 0 Å². The Balaban J connectivity index is 1.95. The Kier molecular flexibility index (Phi) is 3.48. The summed E-state index contributed by atoms with van der Waals surface area (Å²) >= 11 is 0. The fourth-order valence-electron chi connectivity index (χ4n) is 2.22. The maximum Gasteiger partial charge on any atom is 0.260 e. The van der Waals surface area contributed by atoms with E-state index in [0.717, 1.165) is 22.7 Å². The molecule has 3 rings (SSSR count). The third kappa shape index (κ3) is 2.67. The molecule has 2 heterocycles. The topological polar surface area (TPSA) is 51.7 Å². The molecule has 1 aromatic heterocycles. The minimum Gasteiger partial charge on any atom is -0.497 e. The van der Waals surface area contributed by atoms with Gasteiger partial charge in [-0.05, 0) is 36.4 Å². The summed E-state index contributed by atoms with van der Waals surface area (Å²) in [6.45, 7) is 0.519. The first-order valence-corrected chi connectivity index (χ1v) is 6.68. The maximum absolute atomic E-state index is 11.7. The number of amides is 1. The number of fused-ring (bicyclic) bond motifs is 1. The Labute approximate surface area is 123 Å². The molecule has 0 bridgehead atoms. The number of methoxy groups -OCH3 is 1. The molecule has 2 aromatic rings. The largest absolute Gasteiger partial charge is 0.497 e. The van der Waals surface area contributed by atoms with Gasteiger partial charge >= 0.3 is 0 Å². The van der Waals surface area contributed by atoms with Crippen molar-refractivity contribution >= 4 is 5.91 Å². The summed E-state index contributed by atoms with van der Waals surface area (Å²) in [5, 5.41) is 0. The lowest BCUT2D eigenvalue weighted by molar-refractivity contribution is -0.131. The lowest BCUT2D eigenvalue weighted by Crippen LogP contribution is -2.28. The Morgan fingerprint density at radius 2 is 1.95 bits per heavy atom. The van der Waals surface area contributed by atoms with Crippen LogP contribution in [0, 0.1) is 0 Å². The van der Waals surface area contributed by atoms with Crippen molar-refractivity contribution in [3.63, 3.8) is 0 Å². The first kappa shape index (κ1) is 13.4. The summed E-state index contributed by atoms with van der Waals surface area (Å²) in [5.74, 6) is 1.44. The summed E-state index contributed by atoms with van der Waals surface area (Å²) in [5.41, 5.74) is 2.62. The number of pyridine rings is 1. The Bertz CT molecular complexity index is 668. The standard InChI is InChI=1S/C16H16N2O3/c1-18-9-14-15(21-10-16(18)19)8-7-13(17-14)11-3-5-12(20-2)6-4-11/h3-8H,9-10H2,1-2H3. The predicted octanol–water partition coefficient (Wildman–Crippen LogP) is 2.11. The number of rotatable bonds is 2. The molecule has 0 radical (unpaired) electrons. The number of ether oxygens (including phenoxy) is 2. The van der Waals surface area contributed by atoms with Crippen LogP contribution in [-0.2, 0) is 11.3 Å². The molecule has 0 saturated carbocycles. The first-order chi connectivity index (χ1) is 10.2. The molecule has 5 heteroatoms. The molecule has 0 unspecified atom stereocenters. The van der Waals surface area contributed by atoms with Gasteiger partial charge in [-0.25, -0.2) is 4.98 Å². The van der Waals surface area contributed by atoms with Crippen LogP contribution in [-0.4, -0.2) is 36.6 Å². The van der Waals surface area contributed by atoms with E-state index in [0.29, 0.717) is 12.3 Å². The zero-order chi connectivity index (χ0) is 14.8. The van der Waals surface area contributed by atoms with Crippen molar-refractivity contribution in [2.75, 3.05) is 20.8 Å². The number of aromatic nitrogens is 1. The van der Waals surface area contributed by atoms with Gasteiger partial charge in [0.25, 0.3) is 5.91 Å². The number of benzene rings is 1. The van der Waals surface area contributed by atoms with E-state index in [4.69, 9.17) is 9.47 Å². The fourth-order valence-corrected chi connectivity index (χ4v) is 2.22. The van der Waals surface area contributed by atoms with Gasteiger partial charge in [0.2, 0.25) is 0 Å². The Hall–Kier alpha value is -2.56. The van der Waals surface area contributed by atoms with Crippen LogP contribution in [0.2, 0.25) is 0 Å². The summed E-state index contributed by atoms with van der Waals surface area (Å²) in [4.78, 5) is 17.9. The number of hydrogen-bond donors (Lipinski definition) is 0. The van der Waals surface area contributed by atoms with Crippen molar-refractivity contribution in [2.24, 2.45) is 0 Å². The van der Waals surface area contributed by atoms with Gasteiger partial charge in [-0.3, -0.25) is 4.79 Å². The molecule has 108 valence electrons. The zero-order valence-corrected chi connectivity index (χ0v) is 12.0. The van der Waals surface area contributed by atoms with Gasteiger partial charge < -0.3 is 14.4 Å². The highest BCUT2D eigenvalue weighted by Crippen LogP contribution is 2.27. The summed E-state index contributed by atoms with van der Waals surface area (Å²) in [6.07, 6.45) is 0. The lowest BCUT2D eigenvalue weighted by Gasteiger charge is -2.12. The molecular weight excluding hydrogens is 268 g/mol. The van der Waals surface area contributed by atoms with E-state index in [9.17, 15) is 4.79 Å². The van der Waals surface area contributed by atoms with E-state index in [1.807, 2.05) is 36.4 Å². The van der Waals surface area contributed by atoms with Gasteiger partial charge in [-0.15, -0.1) is 0 Å². The van der Waals surface area contributed by atoms with E-state index < -0.39 is 0 Å². The van der Waals surface area contributed by atoms with E-state index in [1.54, 1.807) is 19.1 Å². The molecule has 1 aromatic carbocycles. The van der Waals surface area contributed by atoms with E-state index in [2.05, 4.69) is 4.98 Å². The van der Waals surface area contributed by atoms with Gasteiger partial charge in [0.05, 0.1) is 19.3 Å². The lowest BCUT2D eigenvalue weighted by atomic mass is 10.1. The maximum atomic E-state index is 11.7. The molecule has 1 amide bonds. The van der Waals surface area contributed by atoms with Gasteiger partial charge in [0.1, 0.15) is 17.2 Å². The Morgan fingerprint density at radius 3 is 2.67 bits per heavy atom. The molecule has 0 saturated heterocycles. The second kappa shape index (κ2) is 5.44. The quantitative estimate of drug-likeness (QED) is 0.847. The van der Waals surface area contributed by atoms with E-state index >= 15 is 0 Å². The van der Waals surface area contributed by atoms with Crippen LogP contribution in [0.1, 0.15) is 5.69 Å². The normalized spacial score (nSPS) is 14.2. The van der Waals surface area contributed by atoms with Crippen molar-refractivity contribution in [3.8, 4) is 22.8 Å². The third-order valence-electron chi connectivity index (χ3n) is 3.48. The van der Waals surface area contributed by atoms with Crippen LogP contribution in [0.3, 0.4) is 0 Å². The van der Waals surface area contributed by atoms with E-state index in [1.165, 1.54) is 0 Å². The van der Waals surface area contributed by atoms with Crippen LogP contribution in [0.25, 0.3) is 11.3 Å². The van der Waals surface area contributed by atoms with Crippen molar-refractivity contribution < 1.29 is 14.3 Å². The number of carbonyl (C=O) groups is 1. The van der Waals surface area contributed by atoms with Crippen LogP contribution in [0.15, 0.2) is 36.4 Å².